The number of aromatic carboxylic acids is 1. The summed E-state index contributed by atoms with van der Waals surface area (Å²) in [5, 5.41) is 9.51. The lowest BCUT2D eigenvalue weighted by Crippen LogP contribution is -2.28. The van der Waals surface area contributed by atoms with Crippen molar-refractivity contribution >= 4 is 40.6 Å². The van der Waals surface area contributed by atoms with E-state index < -0.39 is 11.8 Å². The molecule has 1 aliphatic heterocycles. The Hall–Kier alpha value is -2.93. The molecule has 5 nitrogen and oxygen atoms in total. The molecular weight excluding hydrogens is 355 g/mol. The van der Waals surface area contributed by atoms with Gasteiger partial charge in [0.2, 0.25) is 0 Å². The van der Waals surface area contributed by atoms with E-state index in [4.69, 9.17) is 5.11 Å². The van der Waals surface area contributed by atoms with Gasteiger partial charge in [0.25, 0.3) is 5.91 Å². The molecule has 132 valence electrons. The normalized spacial score (nSPS) is 17.3. The average Bonchev–Trinajstić information content (AvgIpc) is 2.91. The van der Waals surface area contributed by atoms with Gasteiger partial charge in [0.05, 0.1) is 16.2 Å². The molecule has 3 rings (SSSR count). The number of benzene rings is 2. The Morgan fingerprint density at radius 3 is 2.73 bits per heavy atom. The summed E-state index contributed by atoms with van der Waals surface area (Å²) in [6.07, 6.45) is 1.50. The number of likely N-dealkylation sites (N-methyl/N-ethyl adjacent to an activating group) is 1. The van der Waals surface area contributed by atoms with Crippen LogP contribution in [0.3, 0.4) is 0 Å². The molecule has 2 aromatic carbocycles. The van der Waals surface area contributed by atoms with Crippen molar-refractivity contribution in [1.29, 1.82) is 0 Å². The van der Waals surface area contributed by atoms with Crippen molar-refractivity contribution in [2.45, 2.75) is 6.92 Å². The van der Waals surface area contributed by atoms with Gasteiger partial charge in [0.15, 0.2) is 5.17 Å². The number of amidine groups is 1. The number of aliphatic imine (C=N–C) groups is 1. The summed E-state index contributed by atoms with van der Waals surface area (Å²) in [7, 11) is 0. The molecule has 0 atom stereocenters. The van der Waals surface area contributed by atoms with Crippen LogP contribution in [0.2, 0.25) is 0 Å². The van der Waals surface area contributed by atoms with Crippen molar-refractivity contribution in [3.8, 4) is 0 Å². The molecule has 0 aromatic heterocycles. The topological polar surface area (TPSA) is 70.0 Å². The first-order valence-electron chi connectivity index (χ1n) is 7.87. The van der Waals surface area contributed by atoms with E-state index in [-0.39, 0.29) is 11.5 Å². The fourth-order valence-electron chi connectivity index (χ4n) is 2.42. The monoisotopic (exact) mass is 370 g/mol. The highest BCUT2D eigenvalue weighted by atomic mass is 32.2. The van der Waals surface area contributed by atoms with Crippen LogP contribution in [0.1, 0.15) is 22.8 Å². The van der Waals surface area contributed by atoms with E-state index in [1.807, 2.05) is 6.92 Å². The summed E-state index contributed by atoms with van der Waals surface area (Å²) in [4.78, 5) is 29.9. The van der Waals surface area contributed by atoms with E-state index in [9.17, 15) is 14.0 Å². The molecule has 1 aliphatic rings. The fourth-order valence-corrected chi connectivity index (χ4v) is 3.48. The molecule has 1 amide bonds. The van der Waals surface area contributed by atoms with Gasteiger partial charge in [-0.25, -0.2) is 14.2 Å². The van der Waals surface area contributed by atoms with Crippen molar-refractivity contribution in [2.75, 3.05) is 6.54 Å². The van der Waals surface area contributed by atoms with Crippen molar-refractivity contribution in [3.05, 3.63) is 70.4 Å². The van der Waals surface area contributed by atoms with Gasteiger partial charge in [0, 0.05) is 12.1 Å². The molecule has 0 unspecified atom stereocenters. The molecule has 1 N–H and O–H groups in total. The predicted octanol–water partition coefficient (Wildman–Crippen LogP) is 4.15. The van der Waals surface area contributed by atoms with E-state index >= 15 is 0 Å². The zero-order valence-corrected chi connectivity index (χ0v) is 14.7. The number of carbonyl (C=O) groups is 2. The Morgan fingerprint density at radius 2 is 2.04 bits per heavy atom. The lowest BCUT2D eigenvalue weighted by Gasteiger charge is -2.12. The molecule has 0 radical (unpaired) electrons. The molecule has 1 fully saturated rings. The van der Waals surface area contributed by atoms with Crippen LogP contribution in [0.4, 0.5) is 10.1 Å². The molecule has 0 spiro atoms. The van der Waals surface area contributed by atoms with E-state index in [0.29, 0.717) is 27.9 Å². The van der Waals surface area contributed by atoms with Crippen molar-refractivity contribution < 1.29 is 19.1 Å². The summed E-state index contributed by atoms with van der Waals surface area (Å²) in [5.74, 6) is -1.71. The third-order valence-corrected chi connectivity index (χ3v) is 4.72. The lowest BCUT2D eigenvalue weighted by molar-refractivity contribution is -0.122. The molecule has 1 heterocycles. The van der Waals surface area contributed by atoms with Crippen LogP contribution in [-0.2, 0) is 4.79 Å². The van der Waals surface area contributed by atoms with Crippen LogP contribution >= 0.6 is 11.8 Å². The van der Waals surface area contributed by atoms with Crippen molar-refractivity contribution in [2.24, 2.45) is 4.99 Å². The molecule has 2 aromatic rings. The van der Waals surface area contributed by atoms with E-state index in [1.54, 1.807) is 30.3 Å². The van der Waals surface area contributed by atoms with Crippen LogP contribution in [0.15, 0.2) is 58.4 Å². The minimum atomic E-state index is -1.05. The highest BCUT2D eigenvalue weighted by Gasteiger charge is 2.32. The van der Waals surface area contributed by atoms with Crippen LogP contribution in [-0.4, -0.2) is 33.6 Å². The maximum atomic E-state index is 13.8. The van der Waals surface area contributed by atoms with Gasteiger partial charge in [-0.3, -0.25) is 9.69 Å². The molecular formula is C19H15FN2O3S. The summed E-state index contributed by atoms with van der Waals surface area (Å²) in [5.41, 5.74) is 0.880. The Balaban J connectivity index is 1.96. The van der Waals surface area contributed by atoms with Gasteiger partial charge in [0.1, 0.15) is 5.82 Å². The van der Waals surface area contributed by atoms with Gasteiger partial charge in [-0.2, -0.15) is 0 Å². The molecule has 1 saturated heterocycles. The largest absolute Gasteiger partial charge is 0.478 e. The second-order valence-corrected chi connectivity index (χ2v) is 6.44. The van der Waals surface area contributed by atoms with Crippen LogP contribution < -0.4 is 0 Å². The average molecular weight is 370 g/mol. The van der Waals surface area contributed by atoms with Gasteiger partial charge < -0.3 is 5.11 Å². The second-order valence-electron chi connectivity index (χ2n) is 5.43. The number of halogens is 1. The van der Waals surface area contributed by atoms with Gasteiger partial charge in [-0.05, 0) is 49.0 Å². The quantitative estimate of drug-likeness (QED) is 0.821. The first-order chi connectivity index (χ1) is 12.5. The molecule has 0 aliphatic carbocycles. The maximum absolute atomic E-state index is 13.8. The van der Waals surface area contributed by atoms with Crippen molar-refractivity contribution in [3.63, 3.8) is 0 Å². The molecule has 7 heteroatoms. The second kappa shape index (κ2) is 7.53. The Bertz CT molecular complexity index is 940. The Labute approximate surface area is 153 Å². The van der Waals surface area contributed by atoms with Crippen molar-refractivity contribution in [1.82, 2.24) is 4.90 Å². The fraction of sp³-hybridized carbons (Fsp3) is 0.105. The Kier molecular flexibility index (Phi) is 5.18. The number of thioether (sulfide) groups is 1. The third-order valence-electron chi connectivity index (χ3n) is 3.71. The number of hydrogen-bond donors (Lipinski definition) is 1. The summed E-state index contributed by atoms with van der Waals surface area (Å²) in [6, 6.07) is 12.4. The molecule has 0 saturated carbocycles. The highest BCUT2D eigenvalue weighted by Crippen LogP contribution is 2.34. The molecule has 0 bridgehead atoms. The highest BCUT2D eigenvalue weighted by molar-refractivity contribution is 8.18. The van der Waals surface area contributed by atoms with Crippen LogP contribution in [0.25, 0.3) is 6.08 Å². The zero-order valence-electron chi connectivity index (χ0n) is 13.8. The van der Waals surface area contributed by atoms with E-state index in [2.05, 4.69) is 4.99 Å². The minimum absolute atomic E-state index is 0.117. The number of carbonyl (C=O) groups excluding carboxylic acids is 1. The summed E-state index contributed by atoms with van der Waals surface area (Å²) < 4.78 is 13.8. The summed E-state index contributed by atoms with van der Waals surface area (Å²) in [6.45, 7) is 2.21. The number of amides is 1. The number of hydrogen-bond acceptors (Lipinski definition) is 4. The summed E-state index contributed by atoms with van der Waals surface area (Å²) >= 11 is 1.14. The number of rotatable bonds is 4. The smallest absolute Gasteiger partial charge is 0.335 e. The van der Waals surface area contributed by atoms with Crippen LogP contribution in [0.5, 0.6) is 0 Å². The predicted molar refractivity (Wildman–Crippen MR) is 99.9 cm³/mol. The third kappa shape index (κ3) is 3.67. The van der Waals surface area contributed by atoms with Gasteiger partial charge >= 0.3 is 5.97 Å². The standard InChI is InChI=1S/C19H15FN2O3S/c1-2-22-17(23)16(11-12-6-3-4-9-15(12)20)26-19(22)21-14-8-5-7-13(10-14)18(24)25/h3-11H,2H2,1H3,(H,24,25)/b16-11-,21-19?. The number of carboxylic acids is 1. The van der Waals surface area contributed by atoms with Crippen LogP contribution in [0, 0.1) is 5.82 Å². The molecule has 26 heavy (non-hydrogen) atoms. The van der Waals surface area contributed by atoms with Gasteiger partial charge in [-0.15, -0.1) is 0 Å². The van der Waals surface area contributed by atoms with E-state index in [0.717, 1.165) is 11.8 Å². The Morgan fingerprint density at radius 1 is 1.27 bits per heavy atom. The SMILES string of the molecule is CCN1C(=O)/C(=C/c2ccccc2F)SC1=Nc1cccc(C(=O)O)c1. The lowest BCUT2D eigenvalue weighted by atomic mass is 10.2. The minimum Gasteiger partial charge on any atom is -0.478 e. The van der Waals surface area contributed by atoms with E-state index in [1.165, 1.54) is 29.2 Å². The first-order valence-corrected chi connectivity index (χ1v) is 8.69. The first kappa shape index (κ1) is 17.9. The maximum Gasteiger partial charge on any atom is 0.335 e. The number of nitrogens with zero attached hydrogens (tertiary/aromatic N) is 2. The van der Waals surface area contributed by atoms with Gasteiger partial charge in [-0.1, -0.05) is 24.3 Å². The number of carboxylic acid groups (broad SMARTS) is 1. The zero-order chi connectivity index (χ0) is 18.7.